The quantitative estimate of drug-likeness (QED) is 0.183. The SMILES string of the molecule is CCCCCCCCCCCCCCCCC(O)(CO)C(=O)OCC(O)CO. The molecular weight excluding hydrogens is 360 g/mol. The molecule has 0 aliphatic heterocycles. The highest BCUT2D eigenvalue weighted by atomic mass is 16.6. The molecule has 0 amide bonds. The van der Waals surface area contributed by atoms with Gasteiger partial charge in [-0.05, 0) is 12.8 Å². The minimum Gasteiger partial charge on any atom is -0.461 e. The third-order valence-electron chi connectivity index (χ3n) is 5.20. The standard InChI is InChI=1S/C22H44O6/c1-2-3-4-5-6-7-8-9-10-11-12-13-14-15-16-22(27,19-24)21(26)28-18-20(25)17-23/h20,23-25,27H,2-19H2,1H3. The zero-order valence-electron chi connectivity index (χ0n) is 17.9. The van der Waals surface area contributed by atoms with Gasteiger partial charge in [-0.3, -0.25) is 0 Å². The maximum absolute atomic E-state index is 11.9. The molecule has 0 fully saturated rings. The molecule has 0 saturated carbocycles. The highest BCUT2D eigenvalue weighted by Crippen LogP contribution is 2.19. The van der Waals surface area contributed by atoms with Gasteiger partial charge < -0.3 is 25.2 Å². The molecule has 0 bridgehead atoms. The first kappa shape index (κ1) is 27.3. The smallest absolute Gasteiger partial charge is 0.340 e. The molecule has 2 unspecified atom stereocenters. The first-order valence-corrected chi connectivity index (χ1v) is 11.3. The number of aliphatic hydroxyl groups excluding tert-OH is 3. The summed E-state index contributed by atoms with van der Waals surface area (Å²) in [5.74, 6) is -0.947. The number of aliphatic hydroxyl groups is 4. The lowest BCUT2D eigenvalue weighted by Gasteiger charge is -2.24. The number of carbonyl (C=O) groups is 1. The second-order valence-corrected chi connectivity index (χ2v) is 7.97. The molecule has 0 radical (unpaired) electrons. The molecule has 0 saturated heterocycles. The lowest BCUT2D eigenvalue weighted by molar-refractivity contribution is -0.174. The molecule has 0 spiro atoms. The van der Waals surface area contributed by atoms with E-state index < -0.39 is 37.5 Å². The van der Waals surface area contributed by atoms with Crippen LogP contribution >= 0.6 is 0 Å². The average molecular weight is 405 g/mol. The van der Waals surface area contributed by atoms with Crippen LogP contribution in [0.15, 0.2) is 0 Å². The number of esters is 1. The van der Waals surface area contributed by atoms with Crippen molar-refractivity contribution in [1.29, 1.82) is 0 Å². The van der Waals surface area contributed by atoms with Crippen molar-refractivity contribution in [1.82, 2.24) is 0 Å². The number of unbranched alkanes of at least 4 members (excludes halogenated alkanes) is 13. The van der Waals surface area contributed by atoms with Crippen LogP contribution in [0.5, 0.6) is 0 Å². The van der Waals surface area contributed by atoms with Gasteiger partial charge in [0, 0.05) is 0 Å². The maximum atomic E-state index is 11.9. The fourth-order valence-corrected chi connectivity index (χ4v) is 3.22. The van der Waals surface area contributed by atoms with Crippen LogP contribution in [0.2, 0.25) is 0 Å². The van der Waals surface area contributed by atoms with E-state index in [2.05, 4.69) is 6.92 Å². The van der Waals surface area contributed by atoms with Crippen molar-refractivity contribution in [2.24, 2.45) is 0 Å². The van der Waals surface area contributed by atoms with Crippen LogP contribution in [0.3, 0.4) is 0 Å². The summed E-state index contributed by atoms with van der Waals surface area (Å²) in [5.41, 5.74) is -1.92. The lowest BCUT2D eigenvalue weighted by Crippen LogP contribution is -2.44. The Bertz CT molecular complexity index is 363. The monoisotopic (exact) mass is 404 g/mol. The second-order valence-electron chi connectivity index (χ2n) is 7.97. The highest BCUT2D eigenvalue weighted by molar-refractivity contribution is 5.79. The van der Waals surface area contributed by atoms with Crippen molar-refractivity contribution < 1.29 is 30.0 Å². The predicted octanol–water partition coefficient (Wildman–Crippen LogP) is 3.48. The third-order valence-corrected chi connectivity index (χ3v) is 5.20. The molecule has 0 rings (SSSR count). The summed E-state index contributed by atoms with van der Waals surface area (Å²) >= 11 is 0. The van der Waals surface area contributed by atoms with Gasteiger partial charge in [0.15, 0.2) is 5.60 Å². The van der Waals surface area contributed by atoms with Crippen LogP contribution in [0.1, 0.15) is 103 Å². The van der Waals surface area contributed by atoms with Gasteiger partial charge in [-0.15, -0.1) is 0 Å². The molecule has 0 aromatic rings. The Kier molecular flexibility index (Phi) is 17.9. The molecule has 168 valence electrons. The van der Waals surface area contributed by atoms with E-state index in [1.54, 1.807) is 0 Å². The Morgan fingerprint density at radius 2 is 1.25 bits per heavy atom. The lowest BCUT2D eigenvalue weighted by atomic mass is 9.96. The summed E-state index contributed by atoms with van der Waals surface area (Å²) in [5, 5.41) is 37.4. The van der Waals surface area contributed by atoms with E-state index in [0.717, 1.165) is 19.3 Å². The first-order chi connectivity index (χ1) is 13.5. The van der Waals surface area contributed by atoms with Gasteiger partial charge in [-0.25, -0.2) is 4.79 Å². The summed E-state index contributed by atoms with van der Waals surface area (Å²) in [6, 6.07) is 0. The van der Waals surface area contributed by atoms with E-state index in [9.17, 15) is 20.1 Å². The number of hydrogen-bond acceptors (Lipinski definition) is 6. The van der Waals surface area contributed by atoms with Crippen LogP contribution in [-0.4, -0.2) is 57.9 Å². The molecule has 0 aromatic heterocycles. The van der Waals surface area contributed by atoms with Crippen molar-refractivity contribution in [3.63, 3.8) is 0 Å². The van der Waals surface area contributed by atoms with Gasteiger partial charge >= 0.3 is 5.97 Å². The Labute approximate surface area is 171 Å². The molecule has 0 aliphatic rings. The fourth-order valence-electron chi connectivity index (χ4n) is 3.22. The zero-order chi connectivity index (χ0) is 21.1. The predicted molar refractivity (Wildman–Crippen MR) is 111 cm³/mol. The number of rotatable bonds is 20. The molecular formula is C22H44O6. The van der Waals surface area contributed by atoms with E-state index in [1.807, 2.05) is 0 Å². The summed E-state index contributed by atoms with van der Waals surface area (Å²) in [6.07, 6.45) is 16.0. The Morgan fingerprint density at radius 3 is 1.64 bits per heavy atom. The molecule has 0 heterocycles. The molecule has 28 heavy (non-hydrogen) atoms. The van der Waals surface area contributed by atoms with Crippen LogP contribution in [0.4, 0.5) is 0 Å². The van der Waals surface area contributed by atoms with Gasteiger partial charge in [-0.1, -0.05) is 90.4 Å². The zero-order valence-corrected chi connectivity index (χ0v) is 17.9. The summed E-state index contributed by atoms with van der Waals surface area (Å²) < 4.78 is 4.76. The molecule has 0 aromatic carbocycles. The van der Waals surface area contributed by atoms with E-state index in [1.165, 1.54) is 64.2 Å². The summed E-state index contributed by atoms with van der Waals surface area (Å²) in [6.45, 7) is 0.619. The number of carbonyl (C=O) groups excluding carboxylic acids is 1. The van der Waals surface area contributed by atoms with Crippen molar-refractivity contribution in [3.05, 3.63) is 0 Å². The minimum atomic E-state index is -1.92. The van der Waals surface area contributed by atoms with Crippen molar-refractivity contribution in [2.45, 2.75) is 115 Å². The number of hydrogen-bond donors (Lipinski definition) is 4. The van der Waals surface area contributed by atoms with Gasteiger partial charge in [0.05, 0.1) is 13.2 Å². The van der Waals surface area contributed by atoms with E-state index in [0.29, 0.717) is 6.42 Å². The number of ether oxygens (including phenoxy) is 1. The molecule has 4 N–H and O–H groups in total. The Hall–Kier alpha value is -0.690. The van der Waals surface area contributed by atoms with Crippen LogP contribution in [0.25, 0.3) is 0 Å². The largest absolute Gasteiger partial charge is 0.461 e. The first-order valence-electron chi connectivity index (χ1n) is 11.3. The normalized spacial score (nSPS) is 14.6. The van der Waals surface area contributed by atoms with Crippen molar-refractivity contribution in [2.75, 3.05) is 19.8 Å². The summed E-state index contributed by atoms with van der Waals surface area (Å²) in [7, 11) is 0. The van der Waals surface area contributed by atoms with Crippen LogP contribution in [0, 0.1) is 0 Å². The molecule has 6 heteroatoms. The summed E-state index contributed by atoms with van der Waals surface area (Å²) in [4.78, 5) is 11.9. The van der Waals surface area contributed by atoms with Gasteiger partial charge in [0.25, 0.3) is 0 Å². The maximum Gasteiger partial charge on any atom is 0.340 e. The van der Waals surface area contributed by atoms with E-state index in [4.69, 9.17) is 9.84 Å². The van der Waals surface area contributed by atoms with Crippen LogP contribution in [-0.2, 0) is 9.53 Å². The van der Waals surface area contributed by atoms with Gasteiger partial charge in [0.1, 0.15) is 12.7 Å². The minimum absolute atomic E-state index is 0.135. The molecule has 2 atom stereocenters. The van der Waals surface area contributed by atoms with E-state index >= 15 is 0 Å². The van der Waals surface area contributed by atoms with Crippen molar-refractivity contribution in [3.8, 4) is 0 Å². The average Bonchev–Trinajstić information content (AvgIpc) is 2.71. The fraction of sp³-hybridized carbons (Fsp3) is 0.955. The van der Waals surface area contributed by atoms with Crippen LogP contribution < -0.4 is 0 Å². The van der Waals surface area contributed by atoms with Gasteiger partial charge in [0.2, 0.25) is 0 Å². The molecule has 6 nitrogen and oxygen atoms in total. The van der Waals surface area contributed by atoms with E-state index in [-0.39, 0.29) is 6.42 Å². The second kappa shape index (κ2) is 18.3. The topological polar surface area (TPSA) is 107 Å². The Morgan fingerprint density at radius 1 is 0.821 bits per heavy atom. The molecule has 0 aliphatic carbocycles. The third kappa shape index (κ3) is 14.3. The van der Waals surface area contributed by atoms with Crippen molar-refractivity contribution >= 4 is 5.97 Å². The highest BCUT2D eigenvalue weighted by Gasteiger charge is 2.36. The Balaban J connectivity index is 3.60. The van der Waals surface area contributed by atoms with Gasteiger partial charge in [-0.2, -0.15) is 0 Å².